The van der Waals surface area contributed by atoms with E-state index < -0.39 is 5.82 Å². The Labute approximate surface area is 98.8 Å². The molecule has 0 aliphatic heterocycles. The van der Waals surface area contributed by atoms with Crippen LogP contribution < -0.4 is 11.1 Å². The van der Waals surface area contributed by atoms with Gasteiger partial charge in [0.2, 0.25) is 0 Å². The molecule has 0 aliphatic rings. The van der Waals surface area contributed by atoms with Crippen LogP contribution in [0.2, 0.25) is 0 Å². The molecule has 3 nitrogen and oxygen atoms in total. The van der Waals surface area contributed by atoms with Crippen LogP contribution in [0.25, 0.3) is 0 Å². The maximum atomic E-state index is 12.9. The third-order valence-electron chi connectivity index (χ3n) is 2.14. The maximum Gasteiger partial charge on any atom is 0.251 e. The Balaban J connectivity index is 2.75. The van der Waals surface area contributed by atoms with Crippen LogP contribution in [0.15, 0.2) is 24.3 Å². The van der Waals surface area contributed by atoms with Crippen molar-refractivity contribution >= 4 is 23.1 Å². The molecule has 0 saturated heterocycles. The summed E-state index contributed by atoms with van der Waals surface area (Å²) in [6.07, 6.45) is 0.608. The molecule has 16 heavy (non-hydrogen) atoms. The molecular weight excluding hydrogens is 227 g/mol. The molecule has 1 unspecified atom stereocenters. The van der Waals surface area contributed by atoms with Crippen molar-refractivity contribution < 1.29 is 9.18 Å². The first-order chi connectivity index (χ1) is 7.54. The second kappa shape index (κ2) is 5.55. The highest BCUT2D eigenvalue weighted by atomic mass is 32.1. The number of benzene rings is 1. The summed E-state index contributed by atoms with van der Waals surface area (Å²) in [6, 6.07) is 5.10. The van der Waals surface area contributed by atoms with Crippen molar-refractivity contribution in [2.24, 2.45) is 5.73 Å². The smallest absolute Gasteiger partial charge is 0.251 e. The van der Waals surface area contributed by atoms with Gasteiger partial charge >= 0.3 is 0 Å². The summed E-state index contributed by atoms with van der Waals surface area (Å²) in [6.45, 7) is 1.86. The Morgan fingerprint density at radius 2 is 2.31 bits per heavy atom. The van der Waals surface area contributed by atoms with E-state index in [1.54, 1.807) is 0 Å². The summed E-state index contributed by atoms with van der Waals surface area (Å²) in [4.78, 5) is 11.9. The van der Waals surface area contributed by atoms with E-state index in [9.17, 15) is 9.18 Å². The minimum atomic E-state index is -0.448. The highest BCUT2D eigenvalue weighted by Crippen LogP contribution is 2.04. The largest absolute Gasteiger partial charge is 0.392 e. The van der Waals surface area contributed by atoms with Gasteiger partial charge in [0.1, 0.15) is 5.82 Å². The van der Waals surface area contributed by atoms with Crippen molar-refractivity contribution in [1.29, 1.82) is 0 Å². The molecule has 1 aromatic rings. The van der Waals surface area contributed by atoms with Gasteiger partial charge in [-0.1, -0.05) is 25.2 Å². The van der Waals surface area contributed by atoms with Gasteiger partial charge in [0.25, 0.3) is 5.91 Å². The summed E-state index contributed by atoms with van der Waals surface area (Å²) >= 11 is 4.80. The number of carbonyl (C=O) groups is 1. The molecule has 0 bridgehead atoms. The second-order valence-electron chi connectivity index (χ2n) is 3.35. The highest BCUT2D eigenvalue weighted by Gasteiger charge is 2.14. The zero-order valence-corrected chi connectivity index (χ0v) is 9.68. The zero-order chi connectivity index (χ0) is 12.1. The van der Waals surface area contributed by atoms with E-state index in [4.69, 9.17) is 18.0 Å². The molecule has 1 amide bonds. The van der Waals surface area contributed by atoms with E-state index in [0.717, 1.165) is 0 Å². The Morgan fingerprint density at radius 1 is 1.62 bits per heavy atom. The summed E-state index contributed by atoms with van der Waals surface area (Å²) in [5, 5.41) is 2.64. The lowest BCUT2D eigenvalue weighted by atomic mass is 10.1. The number of amides is 1. The van der Waals surface area contributed by atoms with Crippen molar-refractivity contribution in [1.82, 2.24) is 5.32 Å². The van der Waals surface area contributed by atoms with E-state index in [1.165, 1.54) is 24.3 Å². The van der Waals surface area contributed by atoms with Gasteiger partial charge in [-0.15, -0.1) is 0 Å². The second-order valence-corrected chi connectivity index (χ2v) is 3.82. The first kappa shape index (κ1) is 12.6. The van der Waals surface area contributed by atoms with Crippen molar-refractivity contribution in [2.45, 2.75) is 19.4 Å². The van der Waals surface area contributed by atoms with Crippen molar-refractivity contribution in [3.8, 4) is 0 Å². The summed E-state index contributed by atoms with van der Waals surface area (Å²) < 4.78 is 12.9. The SMILES string of the molecule is CCC(NC(=O)c1cccc(F)c1)C(N)=S. The van der Waals surface area contributed by atoms with Crippen molar-refractivity contribution in [3.05, 3.63) is 35.6 Å². The quantitative estimate of drug-likeness (QED) is 0.786. The lowest BCUT2D eigenvalue weighted by Crippen LogP contribution is -2.43. The van der Waals surface area contributed by atoms with Gasteiger partial charge in [0, 0.05) is 5.56 Å². The number of rotatable bonds is 4. The highest BCUT2D eigenvalue weighted by molar-refractivity contribution is 7.80. The predicted octanol–water partition coefficient (Wildman–Crippen LogP) is 1.62. The number of nitrogens with two attached hydrogens (primary N) is 1. The number of hydrogen-bond donors (Lipinski definition) is 2. The van der Waals surface area contributed by atoms with Crippen LogP contribution >= 0.6 is 12.2 Å². The number of thiocarbonyl (C=S) groups is 1. The molecule has 0 aliphatic carbocycles. The Kier molecular flexibility index (Phi) is 4.37. The standard InChI is InChI=1S/C11H13FN2OS/c1-2-9(10(13)16)14-11(15)7-4-3-5-8(12)6-7/h3-6,9H,2H2,1H3,(H2,13,16)(H,14,15). The van der Waals surface area contributed by atoms with Gasteiger partial charge in [0.05, 0.1) is 11.0 Å². The number of halogens is 1. The Hall–Kier alpha value is -1.49. The molecule has 1 rings (SSSR count). The van der Waals surface area contributed by atoms with E-state index in [-0.39, 0.29) is 22.5 Å². The maximum absolute atomic E-state index is 12.9. The first-order valence-corrected chi connectivity index (χ1v) is 5.31. The molecule has 5 heteroatoms. The monoisotopic (exact) mass is 240 g/mol. The van der Waals surface area contributed by atoms with Gasteiger partial charge < -0.3 is 11.1 Å². The van der Waals surface area contributed by atoms with E-state index in [2.05, 4.69) is 5.32 Å². The molecule has 1 atom stereocenters. The van der Waals surface area contributed by atoms with Gasteiger partial charge in [0.15, 0.2) is 0 Å². The molecule has 0 heterocycles. The van der Waals surface area contributed by atoms with E-state index in [1.807, 2.05) is 6.92 Å². The number of carbonyl (C=O) groups excluding carboxylic acids is 1. The molecule has 0 spiro atoms. The zero-order valence-electron chi connectivity index (χ0n) is 8.87. The summed E-state index contributed by atoms with van der Waals surface area (Å²) in [7, 11) is 0. The normalized spacial score (nSPS) is 11.9. The molecule has 86 valence electrons. The Morgan fingerprint density at radius 3 is 2.81 bits per heavy atom. The third-order valence-corrected chi connectivity index (χ3v) is 2.43. The molecule has 1 aromatic carbocycles. The van der Waals surface area contributed by atoms with Gasteiger partial charge in [-0.05, 0) is 24.6 Å². The van der Waals surface area contributed by atoms with Crippen LogP contribution in [0.1, 0.15) is 23.7 Å². The minimum Gasteiger partial charge on any atom is -0.392 e. The van der Waals surface area contributed by atoms with Crippen LogP contribution in [-0.4, -0.2) is 16.9 Å². The number of hydrogen-bond acceptors (Lipinski definition) is 2. The fourth-order valence-electron chi connectivity index (χ4n) is 1.25. The summed E-state index contributed by atoms with van der Waals surface area (Å²) in [5.74, 6) is -0.824. The van der Waals surface area contributed by atoms with Crippen molar-refractivity contribution in [3.63, 3.8) is 0 Å². The lowest BCUT2D eigenvalue weighted by molar-refractivity contribution is 0.0946. The van der Waals surface area contributed by atoms with Crippen LogP contribution in [0.4, 0.5) is 4.39 Å². The van der Waals surface area contributed by atoms with Gasteiger partial charge in [-0.25, -0.2) is 4.39 Å². The average molecular weight is 240 g/mol. The fraction of sp³-hybridized carbons (Fsp3) is 0.273. The fourth-order valence-corrected chi connectivity index (χ4v) is 1.47. The van der Waals surface area contributed by atoms with Gasteiger partial charge in [-0.2, -0.15) is 0 Å². The predicted molar refractivity (Wildman–Crippen MR) is 64.7 cm³/mol. The lowest BCUT2D eigenvalue weighted by Gasteiger charge is -2.15. The van der Waals surface area contributed by atoms with Crippen molar-refractivity contribution in [2.75, 3.05) is 0 Å². The minimum absolute atomic E-state index is 0.229. The Bertz CT molecular complexity index is 409. The van der Waals surface area contributed by atoms with Crippen LogP contribution in [0.5, 0.6) is 0 Å². The molecule has 0 aromatic heterocycles. The third kappa shape index (κ3) is 3.27. The van der Waals surface area contributed by atoms with E-state index in [0.29, 0.717) is 6.42 Å². The molecule has 0 fully saturated rings. The summed E-state index contributed by atoms with van der Waals surface area (Å²) in [5.41, 5.74) is 5.71. The molecular formula is C11H13FN2OS. The first-order valence-electron chi connectivity index (χ1n) is 4.90. The van der Waals surface area contributed by atoms with Crippen LogP contribution in [0.3, 0.4) is 0 Å². The molecule has 3 N–H and O–H groups in total. The molecule has 0 radical (unpaired) electrons. The topological polar surface area (TPSA) is 55.1 Å². The number of nitrogens with one attached hydrogen (secondary N) is 1. The van der Waals surface area contributed by atoms with Gasteiger partial charge in [-0.3, -0.25) is 4.79 Å². The van der Waals surface area contributed by atoms with Crippen LogP contribution in [-0.2, 0) is 0 Å². The van der Waals surface area contributed by atoms with Crippen LogP contribution in [0, 0.1) is 5.82 Å². The molecule has 0 saturated carbocycles. The average Bonchev–Trinajstić information content (AvgIpc) is 2.25. The van der Waals surface area contributed by atoms with E-state index >= 15 is 0 Å².